The van der Waals surface area contributed by atoms with Crippen LogP contribution in [0.5, 0.6) is 0 Å². The lowest BCUT2D eigenvalue weighted by atomic mass is 9.84. The number of carbonyl (C=O) groups is 1. The van der Waals surface area contributed by atoms with Crippen LogP contribution in [0.25, 0.3) is 5.52 Å². The van der Waals surface area contributed by atoms with Gasteiger partial charge in [-0.3, -0.25) is 9.69 Å². The minimum absolute atomic E-state index is 0.0465. The zero-order valence-corrected chi connectivity index (χ0v) is 20.1. The Labute approximate surface area is 198 Å². The molecule has 8 nitrogen and oxygen atoms in total. The molecule has 0 saturated carbocycles. The predicted molar refractivity (Wildman–Crippen MR) is 124 cm³/mol. The van der Waals surface area contributed by atoms with Crippen LogP contribution in [0.15, 0.2) is 18.5 Å². The number of hydrogen-bond acceptors (Lipinski definition) is 6. The van der Waals surface area contributed by atoms with Crippen LogP contribution in [0, 0.1) is 5.92 Å². The molecule has 0 aliphatic carbocycles. The Morgan fingerprint density at radius 2 is 2.03 bits per heavy atom. The van der Waals surface area contributed by atoms with Gasteiger partial charge in [0.05, 0.1) is 18.3 Å². The maximum absolute atomic E-state index is 14.5. The van der Waals surface area contributed by atoms with Crippen LogP contribution in [-0.4, -0.2) is 81.1 Å². The summed E-state index contributed by atoms with van der Waals surface area (Å²) in [6, 6.07) is 3.83. The zero-order valence-electron chi connectivity index (χ0n) is 20.1. The first-order chi connectivity index (χ1) is 16.2. The Morgan fingerprint density at radius 3 is 2.76 bits per heavy atom. The molecule has 1 amide bonds. The van der Waals surface area contributed by atoms with Gasteiger partial charge < -0.3 is 15.0 Å². The average Bonchev–Trinajstić information content (AvgIpc) is 3.47. The Balaban J connectivity index is 1.29. The van der Waals surface area contributed by atoms with E-state index in [0.29, 0.717) is 17.9 Å². The molecule has 34 heavy (non-hydrogen) atoms. The van der Waals surface area contributed by atoms with E-state index >= 15 is 0 Å². The summed E-state index contributed by atoms with van der Waals surface area (Å²) in [5.41, 5.74) is 1.18. The van der Waals surface area contributed by atoms with Gasteiger partial charge in [-0.1, -0.05) is 13.8 Å². The second-order valence-electron chi connectivity index (χ2n) is 10.6. The highest BCUT2D eigenvalue weighted by Gasteiger charge is 2.55. The molecule has 1 spiro atoms. The van der Waals surface area contributed by atoms with E-state index in [1.165, 1.54) is 6.33 Å². The standard InChI is InChI=1S/C24H34F2N6O2/c1-16(2)22(33)29-21-19-6-5-18(32(19)28-15-27-21)20-7-4-17(34-20)12-31-14-24(25,26)13-23(31)8-10-30(3)11-9-23/h5-6,15-17,20H,4,7-14H2,1-3H3,(H,27,28,29,33)/t17-,20+/m0/s1. The third kappa shape index (κ3) is 4.43. The number of ether oxygens (including phenoxy) is 1. The summed E-state index contributed by atoms with van der Waals surface area (Å²) in [6.07, 6.45) is 4.28. The number of amides is 1. The lowest BCUT2D eigenvalue weighted by Crippen LogP contribution is -2.53. The number of carbonyl (C=O) groups excluding carboxylic acids is 1. The number of rotatable bonds is 5. The largest absolute Gasteiger partial charge is 0.367 e. The third-order valence-electron chi connectivity index (χ3n) is 7.71. The van der Waals surface area contributed by atoms with Crippen molar-refractivity contribution in [2.75, 3.05) is 38.5 Å². The van der Waals surface area contributed by atoms with Gasteiger partial charge >= 0.3 is 0 Å². The van der Waals surface area contributed by atoms with Crippen molar-refractivity contribution in [1.29, 1.82) is 0 Å². The van der Waals surface area contributed by atoms with Gasteiger partial charge in [-0.25, -0.2) is 18.3 Å². The zero-order chi connectivity index (χ0) is 24.1. The lowest BCUT2D eigenvalue weighted by Gasteiger charge is -2.44. The molecule has 2 atom stereocenters. The van der Waals surface area contributed by atoms with Crippen LogP contribution in [0.4, 0.5) is 14.6 Å². The number of alkyl halides is 2. The fourth-order valence-electron chi connectivity index (χ4n) is 5.74. The van der Waals surface area contributed by atoms with E-state index in [1.807, 2.05) is 30.9 Å². The van der Waals surface area contributed by atoms with Gasteiger partial charge in [-0.05, 0) is 58.0 Å². The van der Waals surface area contributed by atoms with Crippen LogP contribution < -0.4 is 5.32 Å². The monoisotopic (exact) mass is 476 g/mol. The summed E-state index contributed by atoms with van der Waals surface area (Å²) in [5, 5.41) is 7.24. The van der Waals surface area contributed by atoms with Gasteiger partial charge in [-0.2, -0.15) is 5.10 Å². The van der Waals surface area contributed by atoms with Crippen LogP contribution in [0.3, 0.4) is 0 Å². The van der Waals surface area contributed by atoms with Crippen molar-refractivity contribution in [1.82, 2.24) is 24.4 Å². The number of nitrogens with zero attached hydrogens (tertiary/aromatic N) is 5. The molecular formula is C24H34F2N6O2. The summed E-state index contributed by atoms with van der Waals surface area (Å²) in [5.74, 6) is -2.43. The van der Waals surface area contributed by atoms with Gasteiger partial charge in [0, 0.05) is 24.4 Å². The minimum atomic E-state index is -2.64. The number of nitrogens with one attached hydrogen (secondary N) is 1. The van der Waals surface area contributed by atoms with E-state index in [0.717, 1.165) is 44.5 Å². The summed E-state index contributed by atoms with van der Waals surface area (Å²) >= 11 is 0. The normalized spacial score (nSPS) is 27.2. The molecule has 5 rings (SSSR count). The summed E-state index contributed by atoms with van der Waals surface area (Å²) in [4.78, 5) is 20.6. The fourth-order valence-corrected chi connectivity index (χ4v) is 5.74. The number of piperidine rings is 1. The van der Waals surface area contributed by atoms with E-state index < -0.39 is 11.5 Å². The highest BCUT2D eigenvalue weighted by Crippen LogP contribution is 2.46. The third-order valence-corrected chi connectivity index (χ3v) is 7.71. The topological polar surface area (TPSA) is 75.0 Å². The maximum atomic E-state index is 14.5. The van der Waals surface area contributed by atoms with E-state index in [1.54, 1.807) is 4.52 Å². The van der Waals surface area contributed by atoms with Crippen LogP contribution in [-0.2, 0) is 9.53 Å². The Bertz CT molecular complexity index is 1050. The Kier molecular flexibility index (Phi) is 6.10. The number of hydrogen-bond donors (Lipinski definition) is 1. The van der Waals surface area contributed by atoms with Gasteiger partial charge in [0.1, 0.15) is 17.9 Å². The van der Waals surface area contributed by atoms with Crippen LogP contribution in [0.2, 0.25) is 0 Å². The van der Waals surface area contributed by atoms with Crippen molar-refractivity contribution in [3.8, 4) is 0 Å². The molecule has 3 aliphatic rings. The average molecular weight is 477 g/mol. The van der Waals surface area contributed by atoms with E-state index in [4.69, 9.17) is 4.74 Å². The molecule has 3 aliphatic heterocycles. The number of anilines is 1. The van der Waals surface area contributed by atoms with Crippen molar-refractivity contribution < 1.29 is 18.3 Å². The molecule has 0 radical (unpaired) electrons. The molecule has 2 aromatic heterocycles. The van der Waals surface area contributed by atoms with Gasteiger partial charge in [0.25, 0.3) is 5.92 Å². The van der Waals surface area contributed by atoms with E-state index in [9.17, 15) is 13.6 Å². The van der Waals surface area contributed by atoms with E-state index in [-0.39, 0.29) is 37.0 Å². The molecule has 0 bridgehead atoms. The molecule has 186 valence electrons. The second kappa shape index (κ2) is 8.80. The van der Waals surface area contributed by atoms with Crippen molar-refractivity contribution in [2.24, 2.45) is 5.92 Å². The molecule has 2 aromatic rings. The first kappa shape index (κ1) is 23.6. The molecule has 10 heteroatoms. The highest BCUT2D eigenvalue weighted by atomic mass is 19.3. The Hall–Kier alpha value is -2.17. The SMILES string of the molecule is CC(C)C(=O)Nc1ncnn2c([C@H]3CC[C@@H](CN4CC(F)(F)CC45CCN(C)CC5)O3)ccc12. The number of halogens is 2. The second-order valence-corrected chi connectivity index (χ2v) is 10.6. The molecule has 3 saturated heterocycles. The summed E-state index contributed by atoms with van der Waals surface area (Å²) in [7, 11) is 2.06. The number of likely N-dealkylation sites (tertiary alicyclic amines) is 2. The number of aromatic nitrogens is 3. The van der Waals surface area contributed by atoms with Crippen LogP contribution >= 0.6 is 0 Å². The first-order valence-electron chi connectivity index (χ1n) is 12.3. The van der Waals surface area contributed by atoms with E-state index in [2.05, 4.69) is 27.3 Å². The van der Waals surface area contributed by atoms with Gasteiger partial charge in [-0.15, -0.1) is 0 Å². The van der Waals surface area contributed by atoms with Gasteiger partial charge in [0.15, 0.2) is 5.82 Å². The van der Waals surface area contributed by atoms with Crippen molar-refractivity contribution >= 4 is 17.2 Å². The molecule has 3 fully saturated rings. The Morgan fingerprint density at radius 1 is 1.26 bits per heavy atom. The smallest absolute Gasteiger partial charge is 0.262 e. The predicted octanol–water partition coefficient (Wildman–Crippen LogP) is 3.35. The molecule has 0 unspecified atom stereocenters. The molecule has 0 aromatic carbocycles. The maximum Gasteiger partial charge on any atom is 0.262 e. The van der Waals surface area contributed by atoms with Crippen molar-refractivity contribution in [3.63, 3.8) is 0 Å². The molecule has 5 heterocycles. The van der Waals surface area contributed by atoms with Crippen LogP contribution in [0.1, 0.15) is 57.7 Å². The van der Waals surface area contributed by atoms with Gasteiger partial charge in [0.2, 0.25) is 5.91 Å². The van der Waals surface area contributed by atoms with Crippen molar-refractivity contribution in [3.05, 3.63) is 24.2 Å². The fraction of sp³-hybridized carbons (Fsp3) is 0.708. The first-order valence-corrected chi connectivity index (χ1v) is 12.3. The highest BCUT2D eigenvalue weighted by molar-refractivity contribution is 5.94. The quantitative estimate of drug-likeness (QED) is 0.714. The minimum Gasteiger partial charge on any atom is -0.367 e. The summed E-state index contributed by atoms with van der Waals surface area (Å²) in [6.45, 7) is 5.72. The molecule has 1 N–H and O–H groups in total. The lowest BCUT2D eigenvalue weighted by molar-refractivity contribution is -0.118. The summed E-state index contributed by atoms with van der Waals surface area (Å²) < 4.78 is 37.2. The molecular weight excluding hydrogens is 442 g/mol. The van der Waals surface area contributed by atoms with Crippen molar-refractivity contribution in [2.45, 2.75) is 69.6 Å². The number of fused-ring (bicyclic) bond motifs is 1.